The summed E-state index contributed by atoms with van der Waals surface area (Å²) in [6, 6.07) is 0. The van der Waals surface area contributed by atoms with Gasteiger partial charge in [0.2, 0.25) is 0 Å². The Labute approximate surface area is 128 Å². The van der Waals surface area contributed by atoms with Gasteiger partial charge in [-0.05, 0) is 0 Å². The number of hydrogen-bond donors (Lipinski definition) is 1. The molecule has 0 fully saturated rings. The quantitative estimate of drug-likeness (QED) is 0.744. The van der Waals surface area contributed by atoms with Crippen LogP contribution in [-0.4, -0.2) is 53.0 Å². The van der Waals surface area contributed by atoms with Gasteiger partial charge in [-0.1, -0.05) is 0 Å². The van der Waals surface area contributed by atoms with Crippen molar-refractivity contribution in [3.63, 3.8) is 0 Å². The zero-order valence-corrected chi connectivity index (χ0v) is 15.1. The van der Waals surface area contributed by atoms with Gasteiger partial charge in [0.1, 0.15) is 0 Å². The molecule has 1 unspecified atom stereocenters. The first-order valence-electron chi connectivity index (χ1n) is 7.52. The molecule has 0 radical (unpaired) electrons. The van der Waals surface area contributed by atoms with Crippen LogP contribution in [-0.2, 0) is 16.0 Å². The molecule has 0 aliphatic rings. The van der Waals surface area contributed by atoms with Crippen LogP contribution in [0.3, 0.4) is 0 Å². The summed E-state index contributed by atoms with van der Waals surface area (Å²) in [6.45, 7) is 10.5. The van der Waals surface area contributed by atoms with E-state index >= 15 is 0 Å². The first-order valence-corrected chi connectivity index (χ1v) is 10.7. The predicted octanol–water partition coefficient (Wildman–Crippen LogP) is 1.89. The predicted molar refractivity (Wildman–Crippen MR) is 88.3 cm³/mol. The van der Waals surface area contributed by atoms with E-state index in [1.165, 1.54) is 0 Å². The number of ether oxygens (including phenoxy) is 1. The number of carbonyl (C=O) groups excluding carboxylic acids is 1. The second-order valence-electron chi connectivity index (χ2n) is 6.26. The third-order valence-corrected chi connectivity index (χ3v) is 6.17. The molecular formula is C14H29N4O2P. The molecule has 0 bridgehead atoms. The van der Waals surface area contributed by atoms with Crippen LogP contribution in [0.25, 0.3) is 0 Å². The van der Waals surface area contributed by atoms with Crippen LogP contribution >= 0.6 is 7.41 Å². The Balaban J connectivity index is 2.71. The van der Waals surface area contributed by atoms with Crippen molar-refractivity contribution in [1.29, 1.82) is 0 Å². The summed E-state index contributed by atoms with van der Waals surface area (Å²) in [5, 5.41) is 11.0. The maximum atomic E-state index is 11.6. The van der Waals surface area contributed by atoms with Crippen molar-refractivity contribution in [2.75, 3.05) is 26.7 Å². The molecule has 0 aliphatic heterocycles. The molecule has 1 rings (SSSR count). The molecule has 7 heteroatoms. The number of carbonyl (C=O) groups is 1. The molecule has 1 heterocycles. The van der Waals surface area contributed by atoms with Crippen molar-refractivity contribution in [1.82, 2.24) is 20.1 Å². The normalized spacial score (nSPS) is 15.5. The van der Waals surface area contributed by atoms with Crippen LogP contribution in [0.15, 0.2) is 6.20 Å². The zero-order chi connectivity index (χ0) is 16.1. The second-order valence-corrected chi connectivity index (χ2v) is 10.6. The number of aromatic nitrogens is 3. The minimum absolute atomic E-state index is 0.00727. The van der Waals surface area contributed by atoms with E-state index < -0.39 is 13.0 Å². The fourth-order valence-corrected chi connectivity index (χ4v) is 3.50. The van der Waals surface area contributed by atoms with Crippen LogP contribution in [0.2, 0.25) is 0 Å². The van der Waals surface area contributed by atoms with Crippen molar-refractivity contribution in [2.24, 2.45) is 0 Å². The Hall–Kier alpha value is -1.00. The summed E-state index contributed by atoms with van der Waals surface area (Å²) in [4.78, 5) is 11.6. The SMILES string of the molecule is CCc1cn([PH](C)(C)COC(C)(CC)CC(=O)NC)nn1. The summed E-state index contributed by atoms with van der Waals surface area (Å²) < 4.78 is 8.10. The molecule has 6 nitrogen and oxygen atoms in total. The number of amides is 1. The Morgan fingerprint density at radius 1 is 1.48 bits per heavy atom. The van der Waals surface area contributed by atoms with E-state index in [1.807, 2.05) is 24.5 Å². The topological polar surface area (TPSA) is 69.0 Å². The van der Waals surface area contributed by atoms with Gasteiger partial charge in [0.25, 0.3) is 0 Å². The van der Waals surface area contributed by atoms with Gasteiger partial charge in [-0.3, -0.25) is 0 Å². The van der Waals surface area contributed by atoms with E-state index in [2.05, 4.69) is 35.9 Å². The van der Waals surface area contributed by atoms with E-state index in [-0.39, 0.29) is 5.91 Å². The molecule has 0 aliphatic carbocycles. The number of nitrogens with zero attached hydrogens (tertiary/aromatic N) is 3. The first-order chi connectivity index (χ1) is 9.76. The fourth-order valence-electron chi connectivity index (χ4n) is 1.88. The summed E-state index contributed by atoms with van der Waals surface area (Å²) in [5.41, 5.74) is 0.567. The molecule has 0 saturated heterocycles. The molecule has 1 amide bonds. The second kappa shape index (κ2) is 7.32. The van der Waals surface area contributed by atoms with Gasteiger partial charge in [0, 0.05) is 0 Å². The third-order valence-electron chi connectivity index (χ3n) is 3.86. The number of nitrogens with one attached hydrogen (secondary N) is 1. The van der Waals surface area contributed by atoms with Crippen LogP contribution in [0, 0.1) is 0 Å². The monoisotopic (exact) mass is 316 g/mol. The Kier molecular flexibility index (Phi) is 6.29. The van der Waals surface area contributed by atoms with Gasteiger partial charge in [0.15, 0.2) is 0 Å². The molecule has 1 N–H and O–H groups in total. The molecule has 0 spiro atoms. The Bertz CT molecular complexity index is 475. The van der Waals surface area contributed by atoms with Crippen LogP contribution < -0.4 is 5.32 Å². The fraction of sp³-hybridized carbons (Fsp3) is 0.786. The summed E-state index contributed by atoms with van der Waals surface area (Å²) in [6.07, 6.45) is 4.68. The van der Waals surface area contributed by atoms with Crippen LogP contribution in [0.5, 0.6) is 0 Å². The number of hydrogen-bond acceptors (Lipinski definition) is 4. The summed E-state index contributed by atoms with van der Waals surface area (Å²) in [5.74, 6) is 0.00727. The van der Waals surface area contributed by atoms with E-state index in [1.54, 1.807) is 7.05 Å². The zero-order valence-electron chi connectivity index (χ0n) is 14.1. The van der Waals surface area contributed by atoms with Crippen molar-refractivity contribution in [3.8, 4) is 0 Å². The molecule has 1 aromatic heterocycles. The van der Waals surface area contributed by atoms with Crippen molar-refractivity contribution in [3.05, 3.63) is 11.9 Å². The Morgan fingerprint density at radius 3 is 2.62 bits per heavy atom. The van der Waals surface area contributed by atoms with E-state index in [9.17, 15) is 4.79 Å². The molecule has 0 aromatic carbocycles. The van der Waals surface area contributed by atoms with Crippen molar-refractivity contribution < 1.29 is 9.53 Å². The molecule has 1 aromatic rings. The molecule has 122 valence electrons. The standard InChI is InChI=1S/C14H29N4O2P/c1-7-12-10-18(17-16-12)21(5,6)11-20-14(3,8-2)9-13(19)15-4/h10,21H,7-9,11H2,1-6H3,(H,15,19). The van der Waals surface area contributed by atoms with Gasteiger partial charge in [-0.2, -0.15) is 0 Å². The van der Waals surface area contributed by atoms with Crippen LogP contribution in [0.4, 0.5) is 0 Å². The number of aryl methyl sites for hydroxylation is 1. The van der Waals surface area contributed by atoms with Crippen molar-refractivity contribution >= 4 is 13.3 Å². The van der Waals surface area contributed by atoms with Crippen LogP contribution in [0.1, 0.15) is 39.3 Å². The van der Waals surface area contributed by atoms with Gasteiger partial charge in [-0.25, -0.2) is 0 Å². The van der Waals surface area contributed by atoms with Gasteiger partial charge < -0.3 is 0 Å². The maximum absolute atomic E-state index is 11.6. The molecule has 0 saturated carbocycles. The summed E-state index contributed by atoms with van der Waals surface area (Å²) >= 11 is 0. The average Bonchev–Trinajstić information content (AvgIpc) is 2.95. The van der Waals surface area contributed by atoms with Gasteiger partial charge in [0.05, 0.1) is 0 Å². The molecule has 21 heavy (non-hydrogen) atoms. The summed E-state index contributed by atoms with van der Waals surface area (Å²) in [7, 11) is -0.221. The average molecular weight is 316 g/mol. The molecular weight excluding hydrogens is 287 g/mol. The molecule has 1 atom stereocenters. The van der Waals surface area contributed by atoms with Gasteiger partial charge in [-0.15, -0.1) is 0 Å². The third kappa shape index (κ3) is 5.04. The number of rotatable bonds is 8. The first kappa shape index (κ1) is 18.1. The minimum atomic E-state index is -1.87. The van der Waals surface area contributed by atoms with Gasteiger partial charge >= 0.3 is 127 Å². The van der Waals surface area contributed by atoms with E-state index in [4.69, 9.17) is 4.74 Å². The van der Waals surface area contributed by atoms with E-state index in [0.29, 0.717) is 12.8 Å². The van der Waals surface area contributed by atoms with Crippen molar-refractivity contribution in [2.45, 2.75) is 45.6 Å². The Morgan fingerprint density at radius 2 is 2.14 bits per heavy atom. The van der Waals surface area contributed by atoms with E-state index in [0.717, 1.165) is 18.5 Å².